The molecule has 2 heterocycles. The maximum Gasteiger partial charge on any atom is 0.321 e. The van der Waals surface area contributed by atoms with Crippen LogP contribution < -0.4 is 0 Å². The van der Waals surface area contributed by atoms with Crippen molar-refractivity contribution in [2.45, 2.75) is 19.4 Å². The Hall–Kier alpha value is -4.12. The molecule has 2 atom stereocenters. The quantitative estimate of drug-likeness (QED) is 0.489. The first-order chi connectivity index (χ1) is 16.6. The molecule has 5 heteroatoms. The Kier molecular flexibility index (Phi) is 5.54. The van der Waals surface area contributed by atoms with Gasteiger partial charge in [-0.3, -0.25) is 14.6 Å². The molecule has 2 aliphatic rings. The summed E-state index contributed by atoms with van der Waals surface area (Å²) >= 11 is 0. The highest BCUT2D eigenvalue weighted by molar-refractivity contribution is 5.97. The monoisotopic (exact) mass is 450 g/mol. The van der Waals surface area contributed by atoms with Gasteiger partial charge in [0, 0.05) is 11.8 Å². The van der Waals surface area contributed by atoms with Crippen molar-refractivity contribution in [1.29, 1.82) is 0 Å². The smallest absolute Gasteiger partial charge is 0.321 e. The Bertz CT molecular complexity index is 1270. The molecular weight excluding hydrogens is 424 g/mol. The summed E-state index contributed by atoms with van der Waals surface area (Å²) in [6.07, 6.45) is 4.19. The van der Waals surface area contributed by atoms with Gasteiger partial charge in [-0.1, -0.05) is 79.4 Å². The zero-order valence-corrected chi connectivity index (χ0v) is 19.1. The maximum absolute atomic E-state index is 13.9. The number of hydrogen-bond donors (Lipinski definition) is 0. The van der Waals surface area contributed by atoms with E-state index in [1.165, 1.54) is 0 Å². The number of ether oxygens (including phenoxy) is 1. The summed E-state index contributed by atoms with van der Waals surface area (Å²) in [5.74, 6) is -0.619. The average molecular weight is 451 g/mol. The Labute approximate surface area is 199 Å². The van der Waals surface area contributed by atoms with E-state index in [4.69, 9.17) is 4.74 Å². The number of amides is 1. The summed E-state index contributed by atoms with van der Waals surface area (Å²) in [6, 6.07) is 26.4. The van der Waals surface area contributed by atoms with Crippen molar-refractivity contribution in [3.05, 3.63) is 126 Å². The predicted molar refractivity (Wildman–Crippen MR) is 131 cm³/mol. The molecule has 1 saturated heterocycles. The molecule has 0 radical (unpaired) electrons. The standard InChI is InChI=1S/C29H26N2O3/c1-3-34-28(33)29(20-22-12-6-4-7-13-22)21(2)31(27(32)24-15-8-5-9-16-24)30-19-18-23-14-10-11-17-25(23)26(29)30/h4-19,26H,2-3,20H2,1H3/t26-,29+/m1/s1. The van der Waals surface area contributed by atoms with Crippen molar-refractivity contribution in [3.63, 3.8) is 0 Å². The van der Waals surface area contributed by atoms with Crippen LogP contribution in [-0.4, -0.2) is 28.5 Å². The summed E-state index contributed by atoms with van der Waals surface area (Å²) in [4.78, 5) is 27.7. The third-order valence-corrected chi connectivity index (χ3v) is 6.61. The SMILES string of the molecule is C=C1N(C(=O)c2ccccc2)N2C=Cc3ccccc3[C@@H]2[C@@]1(Cc1ccccc1)C(=O)OCC. The van der Waals surface area contributed by atoms with Crippen LogP contribution >= 0.6 is 0 Å². The van der Waals surface area contributed by atoms with Crippen molar-refractivity contribution in [2.75, 3.05) is 6.61 Å². The summed E-state index contributed by atoms with van der Waals surface area (Å²) < 4.78 is 5.68. The van der Waals surface area contributed by atoms with E-state index in [-0.39, 0.29) is 18.5 Å². The first-order valence-corrected chi connectivity index (χ1v) is 11.4. The fourth-order valence-corrected chi connectivity index (χ4v) is 5.06. The van der Waals surface area contributed by atoms with E-state index in [9.17, 15) is 9.59 Å². The normalized spacial score (nSPS) is 20.6. The van der Waals surface area contributed by atoms with Crippen LogP contribution in [0.3, 0.4) is 0 Å². The summed E-state index contributed by atoms with van der Waals surface area (Å²) in [6.45, 7) is 6.39. The minimum atomic E-state index is -1.19. The molecule has 1 fully saturated rings. The van der Waals surface area contributed by atoms with Crippen LogP contribution in [0.2, 0.25) is 0 Å². The minimum Gasteiger partial charge on any atom is -0.465 e. The number of carbonyl (C=O) groups is 2. The van der Waals surface area contributed by atoms with Gasteiger partial charge in [0.05, 0.1) is 18.3 Å². The lowest BCUT2D eigenvalue weighted by Crippen LogP contribution is -2.42. The van der Waals surface area contributed by atoms with Gasteiger partial charge >= 0.3 is 5.97 Å². The number of nitrogens with zero attached hydrogens (tertiary/aromatic N) is 2. The van der Waals surface area contributed by atoms with E-state index < -0.39 is 11.5 Å². The molecule has 0 aliphatic carbocycles. The molecule has 0 unspecified atom stereocenters. The molecule has 3 aromatic rings. The van der Waals surface area contributed by atoms with Gasteiger partial charge in [-0.2, -0.15) is 0 Å². The molecule has 0 spiro atoms. The molecule has 34 heavy (non-hydrogen) atoms. The van der Waals surface area contributed by atoms with Crippen LogP contribution in [0.1, 0.15) is 40.0 Å². The van der Waals surface area contributed by atoms with Gasteiger partial charge < -0.3 is 4.74 Å². The van der Waals surface area contributed by atoms with Gasteiger partial charge in [-0.25, -0.2) is 5.01 Å². The zero-order valence-electron chi connectivity index (χ0n) is 19.1. The molecule has 0 aromatic heterocycles. The molecule has 5 rings (SSSR count). The lowest BCUT2D eigenvalue weighted by Gasteiger charge is -2.37. The van der Waals surface area contributed by atoms with Gasteiger partial charge in [0.25, 0.3) is 5.91 Å². The molecule has 5 nitrogen and oxygen atoms in total. The zero-order chi connectivity index (χ0) is 23.7. The molecule has 170 valence electrons. The fraction of sp³-hybridized carbons (Fsp3) is 0.172. The first-order valence-electron chi connectivity index (χ1n) is 11.4. The summed E-state index contributed by atoms with van der Waals surface area (Å²) in [7, 11) is 0. The third-order valence-electron chi connectivity index (χ3n) is 6.61. The van der Waals surface area contributed by atoms with Gasteiger partial charge in [-0.05, 0) is 48.2 Å². The number of hydrazine groups is 1. The Morgan fingerprint density at radius 1 is 0.941 bits per heavy atom. The summed E-state index contributed by atoms with van der Waals surface area (Å²) in [5, 5.41) is 3.40. The predicted octanol–water partition coefficient (Wildman–Crippen LogP) is 5.39. The number of fused-ring (bicyclic) bond motifs is 3. The van der Waals surface area contributed by atoms with Crippen LogP contribution in [0, 0.1) is 5.41 Å². The molecule has 1 amide bonds. The van der Waals surface area contributed by atoms with Crippen LogP contribution in [0.25, 0.3) is 6.08 Å². The van der Waals surface area contributed by atoms with Crippen molar-refractivity contribution in [1.82, 2.24) is 10.0 Å². The largest absolute Gasteiger partial charge is 0.465 e. The van der Waals surface area contributed by atoms with Crippen LogP contribution in [0.15, 0.2) is 103 Å². The van der Waals surface area contributed by atoms with E-state index in [1.807, 2.05) is 90.1 Å². The van der Waals surface area contributed by atoms with E-state index in [1.54, 1.807) is 24.1 Å². The molecule has 0 bridgehead atoms. The van der Waals surface area contributed by atoms with Crippen LogP contribution in [-0.2, 0) is 16.0 Å². The Morgan fingerprint density at radius 3 is 2.29 bits per heavy atom. The van der Waals surface area contributed by atoms with E-state index >= 15 is 0 Å². The van der Waals surface area contributed by atoms with Crippen molar-refractivity contribution in [3.8, 4) is 0 Å². The average Bonchev–Trinajstić information content (AvgIpc) is 3.13. The third kappa shape index (κ3) is 3.32. The number of rotatable bonds is 5. The van der Waals surface area contributed by atoms with Crippen molar-refractivity contribution < 1.29 is 14.3 Å². The van der Waals surface area contributed by atoms with E-state index in [0.717, 1.165) is 16.7 Å². The highest BCUT2D eigenvalue weighted by atomic mass is 16.5. The summed E-state index contributed by atoms with van der Waals surface area (Å²) in [5.41, 5.74) is 2.68. The topological polar surface area (TPSA) is 49.9 Å². The van der Waals surface area contributed by atoms with Crippen LogP contribution in [0.4, 0.5) is 0 Å². The number of carbonyl (C=O) groups excluding carboxylic acids is 2. The van der Waals surface area contributed by atoms with Gasteiger partial charge in [0.15, 0.2) is 0 Å². The molecular formula is C29H26N2O3. The highest BCUT2D eigenvalue weighted by Gasteiger charge is 2.62. The van der Waals surface area contributed by atoms with Crippen LogP contribution in [0.5, 0.6) is 0 Å². The number of hydrogen-bond acceptors (Lipinski definition) is 4. The lowest BCUT2D eigenvalue weighted by molar-refractivity contribution is -0.154. The van der Waals surface area contributed by atoms with Gasteiger partial charge in [0.1, 0.15) is 5.41 Å². The molecule has 2 aliphatic heterocycles. The second kappa shape index (κ2) is 8.67. The van der Waals surface area contributed by atoms with Crippen molar-refractivity contribution >= 4 is 18.0 Å². The molecule has 0 saturated carbocycles. The van der Waals surface area contributed by atoms with Gasteiger partial charge in [-0.15, -0.1) is 0 Å². The second-order valence-corrected chi connectivity index (χ2v) is 8.51. The molecule has 0 N–H and O–H groups in total. The van der Waals surface area contributed by atoms with E-state index in [2.05, 4.69) is 6.58 Å². The molecule has 3 aromatic carbocycles. The first kappa shape index (κ1) is 21.7. The highest BCUT2D eigenvalue weighted by Crippen LogP contribution is 2.57. The maximum atomic E-state index is 13.9. The Morgan fingerprint density at radius 2 is 1.59 bits per heavy atom. The second-order valence-electron chi connectivity index (χ2n) is 8.51. The number of esters is 1. The number of benzene rings is 3. The Balaban J connectivity index is 1.73. The van der Waals surface area contributed by atoms with E-state index in [0.29, 0.717) is 17.7 Å². The van der Waals surface area contributed by atoms with Gasteiger partial charge in [0.2, 0.25) is 0 Å². The lowest BCUT2D eigenvalue weighted by atomic mass is 9.70. The van der Waals surface area contributed by atoms with Crippen molar-refractivity contribution in [2.24, 2.45) is 5.41 Å². The fourth-order valence-electron chi connectivity index (χ4n) is 5.06. The minimum absolute atomic E-state index is 0.236.